The van der Waals surface area contributed by atoms with Crippen LogP contribution in [-0.4, -0.2) is 42.3 Å². The second-order valence-electron chi connectivity index (χ2n) is 3.73. The molecule has 1 aliphatic rings. The van der Waals surface area contributed by atoms with E-state index in [1.54, 1.807) is 13.0 Å². The van der Waals surface area contributed by atoms with Gasteiger partial charge in [-0.3, -0.25) is 0 Å². The van der Waals surface area contributed by atoms with Crippen LogP contribution in [0.25, 0.3) is 0 Å². The summed E-state index contributed by atoms with van der Waals surface area (Å²) in [5, 5.41) is 17.1. The summed E-state index contributed by atoms with van der Waals surface area (Å²) in [6.07, 6.45) is 0.980. The number of hydrogen-bond donors (Lipinski definition) is 1. The molecular weight excluding hydrogens is 216 g/mol. The van der Waals surface area contributed by atoms with Crippen molar-refractivity contribution in [3.63, 3.8) is 0 Å². The van der Waals surface area contributed by atoms with Gasteiger partial charge in [0.1, 0.15) is 0 Å². The van der Waals surface area contributed by atoms with E-state index >= 15 is 0 Å². The first-order valence-electron chi connectivity index (χ1n) is 5.09. The van der Waals surface area contributed by atoms with Crippen molar-refractivity contribution in [3.05, 3.63) is 0 Å². The molecule has 0 saturated carbocycles. The molecule has 1 fully saturated rings. The zero-order chi connectivity index (χ0) is 11.5. The number of sulfonamides is 1. The van der Waals surface area contributed by atoms with E-state index in [-0.39, 0.29) is 13.0 Å². The van der Waals surface area contributed by atoms with Gasteiger partial charge in [-0.05, 0) is 19.3 Å². The first-order chi connectivity index (χ1) is 7.02. The molecule has 1 saturated heterocycles. The molecule has 1 heterocycles. The number of aliphatic hydroxyl groups excluding tert-OH is 1. The van der Waals surface area contributed by atoms with E-state index in [9.17, 15) is 13.5 Å². The number of aliphatic hydroxyl groups is 1. The summed E-state index contributed by atoms with van der Waals surface area (Å²) in [7, 11) is -3.54. The minimum absolute atomic E-state index is 0.126. The Morgan fingerprint density at radius 2 is 2.33 bits per heavy atom. The lowest BCUT2D eigenvalue weighted by Gasteiger charge is -2.30. The van der Waals surface area contributed by atoms with Gasteiger partial charge < -0.3 is 5.11 Å². The SMILES string of the molecule is CCC(C#N)S(=O)(=O)N1CCCC(O)C1. The maximum absolute atomic E-state index is 11.9. The largest absolute Gasteiger partial charge is 0.392 e. The van der Waals surface area contributed by atoms with Gasteiger partial charge in [-0.1, -0.05) is 6.92 Å². The summed E-state index contributed by atoms with van der Waals surface area (Å²) >= 11 is 0. The summed E-state index contributed by atoms with van der Waals surface area (Å²) in [6.45, 7) is 2.21. The van der Waals surface area contributed by atoms with Crippen LogP contribution in [0.5, 0.6) is 0 Å². The normalized spacial score (nSPS) is 25.8. The first-order valence-corrected chi connectivity index (χ1v) is 6.59. The molecule has 0 amide bonds. The smallest absolute Gasteiger partial charge is 0.230 e. The van der Waals surface area contributed by atoms with E-state index in [4.69, 9.17) is 5.26 Å². The topological polar surface area (TPSA) is 81.4 Å². The number of rotatable bonds is 3. The molecule has 2 atom stereocenters. The number of piperidine rings is 1. The Balaban J connectivity index is 2.81. The number of nitriles is 1. The van der Waals surface area contributed by atoms with E-state index in [0.29, 0.717) is 19.4 Å². The lowest BCUT2D eigenvalue weighted by Crippen LogP contribution is -2.45. The van der Waals surface area contributed by atoms with Gasteiger partial charge in [-0.25, -0.2) is 8.42 Å². The van der Waals surface area contributed by atoms with E-state index in [2.05, 4.69) is 0 Å². The standard InChI is InChI=1S/C9H16N2O3S/c1-2-9(6-10)15(13,14)11-5-3-4-8(12)7-11/h8-9,12H,2-5,7H2,1H3. The molecule has 1 rings (SSSR count). The average Bonchev–Trinajstić information content (AvgIpc) is 2.19. The van der Waals surface area contributed by atoms with E-state index in [0.717, 1.165) is 0 Å². The first kappa shape index (κ1) is 12.4. The van der Waals surface area contributed by atoms with Crippen LogP contribution in [0.2, 0.25) is 0 Å². The fourth-order valence-electron chi connectivity index (χ4n) is 1.70. The minimum atomic E-state index is -3.54. The highest BCUT2D eigenvalue weighted by molar-refractivity contribution is 7.90. The summed E-state index contributed by atoms with van der Waals surface area (Å²) in [6, 6.07) is 1.79. The van der Waals surface area contributed by atoms with Gasteiger partial charge in [-0.2, -0.15) is 9.57 Å². The van der Waals surface area contributed by atoms with Crippen molar-refractivity contribution in [1.82, 2.24) is 4.31 Å². The van der Waals surface area contributed by atoms with Crippen molar-refractivity contribution >= 4 is 10.0 Å². The molecule has 0 aromatic rings. The van der Waals surface area contributed by atoms with Crippen LogP contribution < -0.4 is 0 Å². The Morgan fingerprint density at radius 1 is 1.67 bits per heavy atom. The van der Waals surface area contributed by atoms with Crippen LogP contribution in [0.3, 0.4) is 0 Å². The fraction of sp³-hybridized carbons (Fsp3) is 0.889. The molecule has 0 aliphatic carbocycles. The molecule has 1 N–H and O–H groups in total. The van der Waals surface area contributed by atoms with Gasteiger partial charge in [0.15, 0.2) is 5.25 Å². The molecule has 86 valence electrons. The fourth-order valence-corrected chi connectivity index (χ4v) is 3.38. The van der Waals surface area contributed by atoms with Crippen molar-refractivity contribution in [3.8, 4) is 6.07 Å². The van der Waals surface area contributed by atoms with Gasteiger partial charge in [0.05, 0.1) is 12.2 Å². The highest BCUT2D eigenvalue weighted by Gasteiger charge is 2.33. The summed E-state index contributed by atoms with van der Waals surface area (Å²) in [5.41, 5.74) is 0. The second kappa shape index (κ2) is 4.92. The number of β-amino-alcohol motifs (C(OH)–C–C–N with tert-alkyl or cyclic N) is 1. The Hall–Kier alpha value is -0.640. The van der Waals surface area contributed by atoms with E-state index in [1.807, 2.05) is 0 Å². The number of hydrogen-bond acceptors (Lipinski definition) is 4. The summed E-state index contributed by atoms with van der Waals surface area (Å²) < 4.78 is 25.0. The van der Waals surface area contributed by atoms with Crippen LogP contribution >= 0.6 is 0 Å². The molecular formula is C9H16N2O3S. The molecule has 15 heavy (non-hydrogen) atoms. The molecule has 0 radical (unpaired) electrons. The monoisotopic (exact) mass is 232 g/mol. The summed E-state index contributed by atoms with van der Waals surface area (Å²) in [4.78, 5) is 0. The molecule has 1 aliphatic heterocycles. The van der Waals surface area contributed by atoms with Gasteiger partial charge in [0.2, 0.25) is 10.0 Å². The van der Waals surface area contributed by atoms with E-state index < -0.39 is 21.4 Å². The quantitative estimate of drug-likeness (QED) is 0.747. The highest BCUT2D eigenvalue weighted by Crippen LogP contribution is 2.18. The molecule has 0 bridgehead atoms. The Bertz CT molecular complexity index is 347. The third kappa shape index (κ3) is 2.68. The molecule has 5 nitrogen and oxygen atoms in total. The third-order valence-electron chi connectivity index (χ3n) is 2.59. The Morgan fingerprint density at radius 3 is 2.80 bits per heavy atom. The maximum Gasteiger partial charge on any atom is 0.230 e. The Kier molecular flexibility index (Phi) is 4.08. The summed E-state index contributed by atoms with van der Waals surface area (Å²) in [5.74, 6) is 0. The van der Waals surface area contributed by atoms with Crippen molar-refractivity contribution in [2.45, 2.75) is 37.5 Å². The average molecular weight is 232 g/mol. The van der Waals surface area contributed by atoms with Crippen LogP contribution in [0, 0.1) is 11.3 Å². The van der Waals surface area contributed by atoms with E-state index in [1.165, 1.54) is 4.31 Å². The van der Waals surface area contributed by atoms with Crippen LogP contribution in [0.1, 0.15) is 26.2 Å². The van der Waals surface area contributed by atoms with Crippen LogP contribution in [-0.2, 0) is 10.0 Å². The van der Waals surface area contributed by atoms with Gasteiger partial charge in [-0.15, -0.1) is 0 Å². The molecule has 0 spiro atoms. The second-order valence-corrected chi connectivity index (χ2v) is 5.84. The zero-order valence-electron chi connectivity index (χ0n) is 8.76. The van der Waals surface area contributed by atoms with Crippen molar-refractivity contribution in [2.24, 2.45) is 0 Å². The van der Waals surface area contributed by atoms with Crippen molar-refractivity contribution < 1.29 is 13.5 Å². The highest BCUT2D eigenvalue weighted by atomic mass is 32.2. The lowest BCUT2D eigenvalue weighted by molar-refractivity contribution is 0.107. The van der Waals surface area contributed by atoms with Crippen LogP contribution in [0.15, 0.2) is 0 Å². The zero-order valence-corrected chi connectivity index (χ0v) is 9.57. The van der Waals surface area contributed by atoms with Crippen LogP contribution in [0.4, 0.5) is 0 Å². The lowest BCUT2D eigenvalue weighted by atomic mass is 10.1. The predicted octanol–water partition coefficient (Wildman–Crippen LogP) is 0.0751. The van der Waals surface area contributed by atoms with Crippen molar-refractivity contribution in [2.75, 3.05) is 13.1 Å². The molecule has 0 aromatic heterocycles. The van der Waals surface area contributed by atoms with Gasteiger partial charge in [0, 0.05) is 13.1 Å². The van der Waals surface area contributed by atoms with Crippen molar-refractivity contribution in [1.29, 1.82) is 5.26 Å². The molecule has 6 heteroatoms. The van der Waals surface area contributed by atoms with Gasteiger partial charge >= 0.3 is 0 Å². The third-order valence-corrected chi connectivity index (χ3v) is 4.80. The van der Waals surface area contributed by atoms with Gasteiger partial charge in [0.25, 0.3) is 0 Å². The number of nitrogens with zero attached hydrogens (tertiary/aromatic N) is 2. The Labute approximate surface area is 90.4 Å². The minimum Gasteiger partial charge on any atom is -0.392 e. The molecule has 2 unspecified atom stereocenters. The predicted molar refractivity (Wildman–Crippen MR) is 55.4 cm³/mol. The maximum atomic E-state index is 11.9. The molecule has 0 aromatic carbocycles.